The highest BCUT2D eigenvalue weighted by Crippen LogP contribution is 2.20. The molecule has 0 radical (unpaired) electrons. The van der Waals surface area contributed by atoms with Gasteiger partial charge in [0.05, 0.1) is 5.52 Å². The molecule has 0 spiro atoms. The lowest BCUT2D eigenvalue weighted by molar-refractivity contribution is 0.271. The van der Waals surface area contributed by atoms with Crippen molar-refractivity contribution in [2.45, 2.75) is 6.61 Å². The van der Waals surface area contributed by atoms with E-state index in [0.29, 0.717) is 17.0 Å². The van der Waals surface area contributed by atoms with Gasteiger partial charge >= 0.3 is 5.69 Å². The summed E-state index contributed by atoms with van der Waals surface area (Å²) in [4.78, 5) is 18.5. The summed E-state index contributed by atoms with van der Waals surface area (Å²) in [6.45, 7) is -0.253. The maximum atomic E-state index is 11.7. The summed E-state index contributed by atoms with van der Waals surface area (Å²) in [5.74, 6) is 0.330. The fourth-order valence-electron chi connectivity index (χ4n) is 1.72. The first-order valence-corrected chi connectivity index (χ1v) is 5.66. The number of H-pyrrole nitrogens is 1. The van der Waals surface area contributed by atoms with Crippen LogP contribution in [0.3, 0.4) is 0 Å². The van der Waals surface area contributed by atoms with Crippen LogP contribution in [0.15, 0.2) is 27.5 Å². The number of aromatic nitrogens is 4. The largest absolute Gasteiger partial charge is 0.388 e. The molecule has 0 aliphatic rings. The number of rotatable bonds is 1. The van der Waals surface area contributed by atoms with Gasteiger partial charge in [0.2, 0.25) is 0 Å². The van der Waals surface area contributed by atoms with Crippen molar-refractivity contribution in [3.05, 3.63) is 39.0 Å². The number of hydrogen-bond donors (Lipinski definition) is 2. The van der Waals surface area contributed by atoms with E-state index in [2.05, 4.69) is 31.0 Å². The van der Waals surface area contributed by atoms with E-state index in [4.69, 9.17) is 5.11 Å². The summed E-state index contributed by atoms with van der Waals surface area (Å²) >= 11 is 3.36. The van der Waals surface area contributed by atoms with Gasteiger partial charge in [-0.2, -0.15) is 9.50 Å². The Bertz CT molecular complexity index is 777. The third kappa shape index (κ3) is 1.55. The Morgan fingerprint density at radius 2 is 2.29 bits per heavy atom. The first kappa shape index (κ1) is 10.4. The molecule has 2 aromatic heterocycles. The zero-order chi connectivity index (χ0) is 12.0. The van der Waals surface area contributed by atoms with E-state index in [1.165, 1.54) is 0 Å². The van der Waals surface area contributed by atoms with Crippen LogP contribution in [-0.4, -0.2) is 24.7 Å². The van der Waals surface area contributed by atoms with Crippen molar-refractivity contribution in [3.63, 3.8) is 0 Å². The number of halogens is 1. The Morgan fingerprint density at radius 1 is 1.47 bits per heavy atom. The Labute approximate surface area is 103 Å². The van der Waals surface area contributed by atoms with Gasteiger partial charge in [-0.1, -0.05) is 15.9 Å². The average molecular weight is 295 g/mol. The molecule has 2 N–H and O–H groups in total. The van der Waals surface area contributed by atoms with E-state index in [1.54, 1.807) is 6.07 Å². The predicted octanol–water partition coefficient (Wildman–Crippen LogP) is 0.826. The van der Waals surface area contributed by atoms with Crippen LogP contribution in [0.2, 0.25) is 0 Å². The topological polar surface area (TPSA) is 83.3 Å². The maximum absolute atomic E-state index is 11.7. The van der Waals surface area contributed by atoms with Gasteiger partial charge in [-0.3, -0.25) is 0 Å². The van der Waals surface area contributed by atoms with Crippen molar-refractivity contribution < 1.29 is 5.11 Å². The molecule has 0 fully saturated rings. The van der Waals surface area contributed by atoms with E-state index < -0.39 is 5.69 Å². The van der Waals surface area contributed by atoms with Crippen LogP contribution in [-0.2, 0) is 6.61 Å². The van der Waals surface area contributed by atoms with Crippen LogP contribution in [0.5, 0.6) is 0 Å². The number of hydrogen-bond acceptors (Lipinski definition) is 4. The molecule has 0 atom stereocenters. The zero-order valence-corrected chi connectivity index (χ0v) is 10.1. The number of aromatic amines is 1. The average Bonchev–Trinajstić information content (AvgIpc) is 2.75. The summed E-state index contributed by atoms with van der Waals surface area (Å²) in [7, 11) is 0. The molecule has 7 heteroatoms. The molecule has 0 unspecified atom stereocenters. The van der Waals surface area contributed by atoms with Crippen LogP contribution in [0.1, 0.15) is 5.82 Å². The highest BCUT2D eigenvalue weighted by Gasteiger charge is 2.09. The van der Waals surface area contributed by atoms with Crippen molar-refractivity contribution >= 4 is 32.5 Å². The predicted molar refractivity (Wildman–Crippen MR) is 64.7 cm³/mol. The second kappa shape index (κ2) is 3.64. The minimum atomic E-state index is -0.467. The Morgan fingerprint density at radius 3 is 3.06 bits per heavy atom. The summed E-state index contributed by atoms with van der Waals surface area (Å²) in [5.41, 5.74) is 0.655. The van der Waals surface area contributed by atoms with Gasteiger partial charge < -0.3 is 10.1 Å². The minimum Gasteiger partial charge on any atom is -0.388 e. The smallest absolute Gasteiger partial charge is 0.370 e. The van der Waals surface area contributed by atoms with Crippen molar-refractivity contribution in [2.24, 2.45) is 0 Å². The molecule has 2 heterocycles. The third-order valence-electron chi connectivity index (χ3n) is 2.46. The molecule has 86 valence electrons. The van der Waals surface area contributed by atoms with Gasteiger partial charge in [0, 0.05) is 9.86 Å². The summed E-state index contributed by atoms with van der Waals surface area (Å²) in [5, 5.41) is 13.7. The van der Waals surface area contributed by atoms with E-state index in [1.807, 2.05) is 12.1 Å². The van der Waals surface area contributed by atoms with Crippen LogP contribution in [0.4, 0.5) is 0 Å². The molecule has 3 aromatic rings. The Hall–Kier alpha value is -1.73. The first-order chi connectivity index (χ1) is 8.19. The first-order valence-electron chi connectivity index (χ1n) is 4.87. The molecule has 17 heavy (non-hydrogen) atoms. The van der Waals surface area contributed by atoms with Crippen molar-refractivity contribution in [2.75, 3.05) is 0 Å². The van der Waals surface area contributed by atoms with Gasteiger partial charge in [-0.25, -0.2) is 4.79 Å². The van der Waals surface area contributed by atoms with E-state index in [0.717, 1.165) is 14.4 Å². The highest BCUT2D eigenvalue weighted by atomic mass is 79.9. The molecular formula is C10H7BrN4O2. The fourth-order valence-corrected chi connectivity index (χ4v) is 2.08. The number of benzene rings is 1. The Kier molecular flexibility index (Phi) is 2.23. The van der Waals surface area contributed by atoms with Crippen LogP contribution in [0, 0.1) is 0 Å². The summed E-state index contributed by atoms with van der Waals surface area (Å²) < 4.78 is 2.04. The monoisotopic (exact) mass is 294 g/mol. The lowest BCUT2D eigenvalue weighted by Crippen LogP contribution is -2.17. The summed E-state index contributed by atoms with van der Waals surface area (Å²) in [6.07, 6.45) is 0. The van der Waals surface area contributed by atoms with Crippen LogP contribution in [0.25, 0.3) is 16.6 Å². The second-order valence-corrected chi connectivity index (χ2v) is 4.46. The summed E-state index contributed by atoms with van der Waals surface area (Å²) in [6, 6.07) is 5.41. The van der Waals surface area contributed by atoms with E-state index >= 15 is 0 Å². The molecule has 3 rings (SSSR count). The molecule has 0 aliphatic heterocycles. The highest BCUT2D eigenvalue weighted by molar-refractivity contribution is 9.10. The number of aliphatic hydroxyl groups excluding tert-OH is 1. The van der Waals surface area contributed by atoms with E-state index in [-0.39, 0.29) is 6.61 Å². The number of nitrogens with one attached hydrogen (secondary N) is 1. The maximum Gasteiger partial charge on any atom is 0.370 e. The van der Waals surface area contributed by atoms with Crippen molar-refractivity contribution in [3.8, 4) is 0 Å². The van der Waals surface area contributed by atoms with E-state index in [9.17, 15) is 4.79 Å². The third-order valence-corrected chi connectivity index (χ3v) is 2.95. The standard InChI is InChI=1S/C10H7BrN4O2/c11-5-1-2-7-6(3-5)9-13-8(4-16)14-15(9)10(17)12-7/h1-3,16H,4H2,(H,13,14). The van der Waals surface area contributed by atoms with Crippen LogP contribution < -0.4 is 5.69 Å². The number of nitrogens with zero attached hydrogens (tertiary/aromatic N) is 3. The molecule has 0 aliphatic carbocycles. The van der Waals surface area contributed by atoms with Gasteiger partial charge in [-0.15, -0.1) is 5.10 Å². The SMILES string of the molecule is O=c1nc2ccc(Br)cc2c2[nH]c(CO)nn12. The van der Waals surface area contributed by atoms with Gasteiger partial charge in [0.15, 0.2) is 5.82 Å². The number of fused-ring (bicyclic) bond motifs is 3. The molecule has 6 nitrogen and oxygen atoms in total. The molecule has 0 bridgehead atoms. The molecular weight excluding hydrogens is 288 g/mol. The van der Waals surface area contributed by atoms with Gasteiger partial charge in [0.25, 0.3) is 0 Å². The molecule has 0 amide bonds. The quantitative estimate of drug-likeness (QED) is 0.696. The van der Waals surface area contributed by atoms with Crippen molar-refractivity contribution in [1.82, 2.24) is 19.6 Å². The zero-order valence-electron chi connectivity index (χ0n) is 8.51. The Balaban J connectivity index is 2.56. The minimum absolute atomic E-state index is 0.253. The molecule has 0 saturated carbocycles. The fraction of sp³-hybridized carbons (Fsp3) is 0.100. The lowest BCUT2D eigenvalue weighted by atomic mass is 10.2. The van der Waals surface area contributed by atoms with Crippen molar-refractivity contribution in [1.29, 1.82) is 0 Å². The number of aliphatic hydroxyl groups is 1. The van der Waals surface area contributed by atoms with Gasteiger partial charge in [0.1, 0.15) is 12.3 Å². The normalized spacial score (nSPS) is 11.4. The van der Waals surface area contributed by atoms with Crippen LogP contribution >= 0.6 is 15.9 Å². The second-order valence-electron chi connectivity index (χ2n) is 3.55. The van der Waals surface area contributed by atoms with Gasteiger partial charge in [-0.05, 0) is 18.2 Å². The molecule has 0 saturated heterocycles. The molecule has 1 aromatic carbocycles. The lowest BCUT2D eigenvalue weighted by Gasteiger charge is -1.98.